The number of methoxy groups -OCH3 is 3. The van der Waals surface area contributed by atoms with Gasteiger partial charge in [0, 0.05) is 27.1 Å². The van der Waals surface area contributed by atoms with Crippen molar-refractivity contribution >= 4 is 39.9 Å². The second kappa shape index (κ2) is 9.49. The molecule has 8 heteroatoms. The van der Waals surface area contributed by atoms with Crippen LogP contribution in [0, 0.1) is 6.92 Å². The average molecular weight is 479 g/mol. The highest BCUT2D eigenvalue weighted by Gasteiger charge is 2.23. The van der Waals surface area contributed by atoms with E-state index in [-0.39, 0.29) is 17.0 Å². The number of carbonyl (C=O) groups excluding carboxylic acids is 2. The first kappa shape index (κ1) is 23.2. The summed E-state index contributed by atoms with van der Waals surface area (Å²) in [5, 5.41) is 4.14. The first-order valence-electron chi connectivity index (χ1n) is 10.4. The Morgan fingerprint density at radius 3 is 2.09 bits per heavy atom. The molecular weight excluding hydrogens is 456 g/mol. The number of ketones is 1. The number of amides is 1. The fraction of sp³-hybridized carbons (Fsp3) is 0.154. The van der Waals surface area contributed by atoms with Crippen LogP contribution in [0.4, 0.5) is 5.69 Å². The Hall–Kier alpha value is -3.97. The molecule has 1 aromatic heterocycles. The lowest BCUT2D eigenvalue weighted by atomic mass is 10.1. The molecule has 3 aromatic carbocycles. The summed E-state index contributed by atoms with van der Waals surface area (Å²) in [5.74, 6) is 0.359. The van der Waals surface area contributed by atoms with Gasteiger partial charge in [-0.05, 0) is 55.0 Å². The Morgan fingerprint density at radius 2 is 1.50 bits per heavy atom. The van der Waals surface area contributed by atoms with E-state index in [2.05, 4.69) is 10.3 Å². The van der Waals surface area contributed by atoms with Gasteiger partial charge in [0.2, 0.25) is 11.5 Å². The SMILES string of the molecule is COc1cc(C(=O)Nc2c(C(=O)c3ccc(Cl)cc3)[nH]c3cc(C)ccc23)cc(OC)c1OC. The number of benzene rings is 3. The highest BCUT2D eigenvalue weighted by Crippen LogP contribution is 2.39. The summed E-state index contributed by atoms with van der Waals surface area (Å²) in [6.45, 7) is 1.95. The lowest BCUT2D eigenvalue weighted by Gasteiger charge is -2.14. The summed E-state index contributed by atoms with van der Waals surface area (Å²) >= 11 is 5.98. The maximum absolute atomic E-state index is 13.4. The quantitative estimate of drug-likeness (QED) is 0.335. The van der Waals surface area contributed by atoms with Crippen LogP contribution in [0.1, 0.15) is 32.0 Å². The van der Waals surface area contributed by atoms with Crippen LogP contribution in [0.15, 0.2) is 54.6 Å². The van der Waals surface area contributed by atoms with Crippen molar-refractivity contribution in [3.63, 3.8) is 0 Å². The summed E-state index contributed by atoms with van der Waals surface area (Å²) < 4.78 is 16.1. The topological polar surface area (TPSA) is 89.7 Å². The average Bonchev–Trinajstić information content (AvgIpc) is 3.19. The van der Waals surface area contributed by atoms with Crippen molar-refractivity contribution in [2.24, 2.45) is 0 Å². The molecule has 0 aliphatic heterocycles. The third-order valence-electron chi connectivity index (χ3n) is 5.45. The van der Waals surface area contributed by atoms with Crippen LogP contribution < -0.4 is 19.5 Å². The van der Waals surface area contributed by atoms with Crippen LogP contribution in [-0.2, 0) is 0 Å². The number of hydrogen-bond donors (Lipinski definition) is 2. The number of carbonyl (C=O) groups is 2. The van der Waals surface area contributed by atoms with E-state index in [4.69, 9.17) is 25.8 Å². The van der Waals surface area contributed by atoms with Crippen molar-refractivity contribution < 1.29 is 23.8 Å². The van der Waals surface area contributed by atoms with Crippen molar-refractivity contribution in [1.82, 2.24) is 4.98 Å². The fourth-order valence-electron chi connectivity index (χ4n) is 3.75. The van der Waals surface area contributed by atoms with Crippen molar-refractivity contribution in [3.8, 4) is 17.2 Å². The predicted octanol–water partition coefficient (Wildman–Crippen LogP) is 5.64. The van der Waals surface area contributed by atoms with Crippen molar-refractivity contribution in [2.45, 2.75) is 6.92 Å². The Morgan fingerprint density at radius 1 is 0.853 bits per heavy atom. The number of aryl methyl sites for hydroxylation is 1. The van der Waals surface area contributed by atoms with Crippen LogP contribution in [0.25, 0.3) is 10.9 Å². The van der Waals surface area contributed by atoms with Gasteiger partial charge < -0.3 is 24.5 Å². The van der Waals surface area contributed by atoms with E-state index in [1.807, 2.05) is 25.1 Å². The molecule has 0 radical (unpaired) electrons. The number of hydrogen-bond acceptors (Lipinski definition) is 5. The van der Waals surface area contributed by atoms with E-state index in [1.165, 1.54) is 21.3 Å². The second-order valence-electron chi connectivity index (χ2n) is 7.63. The number of H-pyrrole nitrogens is 1. The molecule has 0 aliphatic carbocycles. The van der Waals surface area contributed by atoms with Gasteiger partial charge in [-0.25, -0.2) is 0 Å². The summed E-state index contributed by atoms with van der Waals surface area (Å²) in [7, 11) is 4.44. The van der Waals surface area contributed by atoms with Gasteiger partial charge in [0.05, 0.1) is 27.0 Å². The van der Waals surface area contributed by atoms with Gasteiger partial charge in [-0.1, -0.05) is 23.7 Å². The highest BCUT2D eigenvalue weighted by atomic mass is 35.5. The number of anilines is 1. The molecule has 174 valence electrons. The Bertz CT molecular complexity index is 1370. The molecule has 2 N–H and O–H groups in total. The van der Waals surface area contributed by atoms with E-state index in [1.54, 1.807) is 36.4 Å². The number of halogens is 1. The molecule has 0 fully saturated rings. The maximum Gasteiger partial charge on any atom is 0.256 e. The monoisotopic (exact) mass is 478 g/mol. The Labute approximate surface area is 201 Å². The fourth-order valence-corrected chi connectivity index (χ4v) is 3.88. The minimum atomic E-state index is -0.439. The molecule has 0 spiro atoms. The Balaban J connectivity index is 1.80. The number of rotatable bonds is 7. The zero-order chi connectivity index (χ0) is 24.4. The molecule has 0 saturated carbocycles. The molecule has 0 saturated heterocycles. The number of fused-ring (bicyclic) bond motifs is 1. The summed E-state index contributed by atoms with van der Waals surface area (Å²) in [6.07, 6.45) is 0. The van der Waals surface area contributed by atoms with Gasteiger partial charge in [-0.3, -0.25) is 9.59 Å². The molecule has 4 aromatic rings. The van der Waals surface area contributed by atoms with Crippen LogP contribution in [0.3, 0.4) is 0 Å². The predicted molar refractivity (Wildman–Crippen MR) is 132 cm³/mol. The van der Waals surface area contributed by atoms with E-state index < -0.39 is 5.91 Å². The minimum absolute atomic E-state index is 0.267. The molecule has 4 rings (SSSR count). The highest BCUT2D eigenvalue weighted by molar-refractivity contribution is 6.30. The molecule has 7 nitrogen and oxygen atoms in total. The van der Waals surface area contributed by atoms with Crippen molar-refractivity contribution in [1.29, 1.82) is 0 Å². The van der Waals surface area contributed by atoms with Crippen LogP contribution >= 0.6 is 11.6 Å². The zero-order valence-electron chi connectivity index (χ0n) is 19.1. The second-order valence-corrected chi connectivity index (χ2v) is 8.06. The van der Waals surface area contributed by atoms with Gasteiger partial charge in [0.1, 0.15) is 5.69 Å². The minimum Gasteiger partial charge on any atom is -0.493 e. The van der Waals surface area contributed by atoms with Crippen LogP contribution in [0.2, 0.25) is 5.02 Å². The summed E-state index contributed by atoms with van der Waals surface area (Å²) in [6, 6.07) is 15.4. The normalized spacial score (nSPS) is 10.7. The zero-order valence-corrected chi connectivity index (χ0v) is 19.9. The number of aromatic amines is 1. The molecule has 34 heavy (non-hydrogen) atoms. The first-order valence-corrected chi connectivity index (χ1v) is 10.8. The smallest absolute Gasteiger partial charge is 0.256 e. The first-order chi connectivity index (χ1) is 16.4. The lowest BCUT2D eigenvalue weighted by Crippen LogP contribution is -2.15. The lowest BCUT2D eigenvalue weighted by molar-refractivity contribution is 0.102. The van der Waals surface area contributed by atoms with Gasteiger partial charge in [0.25, 0.3) is 5.91 Å². The van der Waals surface area contributed by atoms with E-state index in [9.17, 15) is 9.59 Å². The number of ether oxygens (including phenoxy) is 3. The van der Waals surface area contributed by atoms with Crippen LogP contribution in [0.5, 0.6) is 17.2 Å². The van der Waals surface area contributed by atoms with E-state index in [0.717, 1.165) is 11.1 Å². The summed E-state index contributed by atoms with van der Waals surface area (Å²) in [5.41, 5.74) is 3.12. The molecule has 1 amide bonds. The molecule has 0 atom stereocenters. The van der Waals surface area contributed by atoms with Gasteiger partial charge in [-0.15, -0.1) is 0 Å². The van der Waals surface area contributed by atoms with Gasteiger partial charge >= 0.3 is 0 Å². The van der Waals surface area contributed by atoms with Gasteiger partial charge in [0.15, 0.2) is 11.5 Å². The largest absolute Gasteiger partial charge is 0.493 e. The standard InChI is InChI=1S/C26H23ClN2O5/c1-14-5-10-18-19(11-14)28-23(24(30)15-6-8-17(27)9-7-15)22(18)29-26(31)16-12-20(32-2)25(34-4)21(13-16)33-3/h5-13,28H,1-4H3,(H,29,31). The Kier molecular flexibility index (Phi) is 6.47. The number of nitrogens with one attached hydrogen (secondary N) is 2. The molecule has 0 bridgehead atoms. The van der Waals surface area contributed by atoms with Gasteiger partial charge in [-0.2, -0.15) is 0 Å². The molecular formula is C26H23ClN2O5. The van der Waals surface area contributed by atoms with E-state index >= 15 is 0 Å². The summed E-state index contributed by atoms with van der Waals surface area (Å²) in [4.78, 5) is 29.8. The maximum atomic E-state index is 13.4. The molecule has 0 unspecified atom stereocenters. The van der Waals surface area contributed by atoms with Crippen molar-refractivity contribution in [2.75, 3.05) is 26.6 Å². The molecule has 1 heterocycles. The number of aromatic nitrogens is 1. The third-order valence-corrected chi connectivity index (χ3v) is 5.70. The van der Waals surface area contributed by atoms with Crippen LogP contribution in [-0.4, -0.2) is 38.0 Å². The molecule has 0 aliphatic rings. The van der Waals surface area contributed by atoms with Crippen molar-refractivity contribution in [3.05, 3.63) is 82.0 Å². The third kappa shape index (κ3) is 4.30. The van der Waals surface area contributed by atoms with E-state index in [0.29, 0.717) is 38.9 Å².